The smallest absolute Gasteiger partial charge is 0.165 e. The maximum absolute atomic E-state index is 12.1. The Labute approximate surface area is 126 Å². The van der Waals surface area contributed by atoms with Gasteiger partial charge < -0.3 is 5.11 Å². The Morgan fingerprint density at radius 2 is 2.32 bits per heavy atom. The van der Waals surface area contributed by atoms with E-state index in [2.05, 4.69) is 20.8 Å². The van der Waals surface area contributed by atoms with Gasteiger partial charge in [-0.1, -0.05) is 27.5 Å². The van der Waals surface area contributed by atoms with Gasteiger partial charge in [-0.25, -0.2) is 0 Å². The molecule has 1 saturated heterocycles. The van der Waals surface area contributed by atoms with E-state index in [4.69, 9.17) is 11.6 Å². The van der Waals surface area contributed by atoms with Crippen molar-refractivity contribution in [2.75, 3.05) is 19.7 Å². The molecule has 0 bridgehead atoms. The Morgan fingerprint density at radius 3 is 3.00 bits per heavy atom. The second kappa shape index (κ2) is 6.84. The molecule has 19 heavy (non-hydrogen) atoms. The maximum atomic E-state index is 12.1. The van der Waals surface area contributed by atoms with Gasteiger partial charge in [0, 0.05) is 29.0 Å². The summed E-state index contributed by atoms with van der Waals surface area (Å²) < 4.78 is 0.869. The minimum atomic E-state index is 0.0566. The number of hydrogen-bond acceptors (Lipinski definition) is 3. The van der Waals surface area contributed by atoms with Gasteiger partial charge in [0.25, 0.3) is 0 Å². The van der Waals surface area contributed by atoms with Crippen LogP contribution in [0.25, 0.3) is 0 Å². The molecule has 0 spiro atoms. The van der Waals surface area contributed by atoms with Gasteiger partial charge in [-0.05, 0) is 37.6 Å². The van der Waals surface area contributed by atoms with E-state index in [1.54, 1.807) is 12.1 Å². The van der Waals surface area contributed by atoms with Crippen LogP contribution in [0.4, 0.5) is 0 Å². The first-order valence-corrected chi connectivity index (χ1v) is 7.62. The van der Waals surface area contributed by atoms with Crippen LogP contribution in [0.15, 0.2) is 22.7 Å². The van der Waals surface area contributed by atoms with Gasteiger partial charge in [-0.15, -0.1) is 0 Å². The number of halogens is 2. The number of nitrogens with zero attached hydrogens (tertiary/aromatic N) is 1. The van der Waals surface area contributed by atoms with Crippen LogP contribution >= 0.6 is 27.5 Å². The first kappa shape index (κ1) is 15.0. The van der Waals surface area contributed by atoms with Gasteiger partial charge in [0.1, 0.15) is 0 Å². The lowest BCUT2D eigenvalue weighted by Crippen LogP contribution is -2.33. The third kappa shape index (κ3) is 3.78. The molecule has 0 aliphatic carbocycles. The van der Waals surface area contributed by atoms with E-state index in [0.29, 0.717) is 23.6 Å². The fourth-order valence-electron chi connectivity index (χ4n) is 2.49. The second-order valence-corrected chi connectivity index (χ2v) is 6.13. The van der Waals surface area contributed by atoms with Crippen LogP contribution in [0.1, 0.15) is 29.6 Å². The Bertz CT molecular complexity index is 467. The van der Waals surface area contributed by atoms with Gasteiger partial charge in [-0.3, -0.25) is 9.69 Å². The Balaban J connectivity index is 1.94. The van der Waals surface area contributed by atoms with Crippen molar-refractivity contribution < 1.29 is 9.90 Å². The summed E-state index contributed by atoms with van der Waals surface area (Å²) in [7, 11) is 0. The van der Waals surface area contributed by atoms with E-state index in [1.807, 2.05) is 6.07 Å². The van der Waals surface area contributed by atoms with E-state index in [0.717, 1.165) is 23.9 Å². The highest BCUT2D eigenvalue weighted by molar-refractivity contribution is 9.10. The number of carbonyl (C=O) groups is 1. The van der Waals surface area contributed by atoms with Crippen molar-refractivity contribution in [3.63, 3.8) is 0 Å². The molecule has 1 aliphatic rings. The Morgan fingerprint density at radius 1 is 1.53 bits per heavy atom. The van der Waals surface area contributed by atoms with E-state index >= 15 is 0 Å². The summed E-state index contributed by atoms with van der Waals surface area (Å²) in [5.41, 5.74) is 0.574. The molecule has 1 aliphatic heterocycles. The number of carbonyl (C=O) groups excluding carboxylic acids is 1. The lowest BCUT2D eigenvalue weighted by Gasteiger charge is -2.22. The third-order valence-electron chi connectivity index (χ3n) is 3.57. The molecule has 3 nitrogen and oxygen atoms in total. The van der Waals surface area contributed by atoms with Crippen LogP contribution < -0.4 is 0 Å². The average molecular weight is 347 g/mol. The van der Waals surface area contributed by atoms with Crippen LogP contribution in [0.5, 0.6) is 0 Å². The molecule has 1 N–H and O–H groups in total. The molecule has 0 amide bonds. The molecule has 2 rings (SSSR count). The highest BCUT2D eigenvalue weighted by atomic mass is 79.9. The van der Waals surface area contributed by atoms with Crippen molar-refractivity contribution in [1.29, 1.82) is 0 Å². The van der Waals surface area contributed by atoms with E-state index < -0.39 is 0 Å². The molecule has 1 unspecified atom stereocenters. The Kier molecular flexibility index (Phi) is 5.39. The monoisotopic (exact) mass is 345 g/mol. The van der Waals surface area contributed by atoms with Gasteiger partial charge in [0.2, 0.25) is 0 Å². The molecular formula is C14H17BrClNO2. The summed E-state index contributed by atoms with van der Waals surface area (Å²) >= 11 is 9.40. The normalized spacial score (nSPS) is 19.8. The highest BCUT2D eigenvalue weighted by Gasteiger charge is 2.24. The van der Waals surface area contributed by atoms with Gasteiger partial charge in [0.15, 0.2) is 5.78 Å². The number of aliphatic hydroxyl groups is 1. The topological polar surface area (TPSA) is 40.5 Å². The molecule has 0 aromatic heterocycles. The second-order valence-electron chi connectivity index (χ2n) is 4.81. The minimum Gasteiger partial charge on any atom is -0.395 e. The van der Waals surface area contributed by atoms with E-state index in [1.165, 1.54) is 0 Å². The van der Waals surface area contributed by atoms with Crippen molar-refractivity contribution in [3.8, 4) is 0 Å². The summed E-state index contributed by atoms with van der Waals surface area (Å²) in [5.74, 6) is 0.0566. The number of aliphatic hydroxyl groups excluding tert-OH is 1. The summed E-state index contributed by atoms with van der Waals surface area (Å²) in [5, 5.41) is 9.73. The van der Waals surface area contributed by atoms with Crippen LogP contribution in [-0.2, 0) is 0 Å². The molecule has 1 fully saturated rings. The van der Waals surface area contributed by atoms with Gasteiger partial charge in [0.05, 0.1) is 11.6 Å². The molecular weight excluding hydrogens is 330 g/mol. The zero-order valence-corrected chi connectivity index (χ0v) is 13.0. The molecule has 5 heteroatoms. The summed E-state index contributed by atoms with van der Waals surface area (Å²) in [6.07, 6.45) is 2.56. The summed E-state index contributed by atoms with van der Waals surface area (Å²) in [6, 6.07) is 5.53. The predicted molar refractivity (Wildman–Crippen MR) is 79.8 cm³/mol. The number of hydrogen-bond donors (Lipinski definition) is 1. The number of rotatable bonds is 5. The largest absolute Gasteiger partial charge is 0.395 e. The molecule has 0 radical (unpaired) electrons. The van der Waals surface area contributed by atoms with Crippen LogP contribution in [0, 0.1) is 0 Å². The third-order valence-corrected chi connectivity index (χ3v) is 4.37. The predicted octanol–water partition coefficient (Wildman–Crippen LogP) is 3.13. The van der Waals surface area contributed by atoms with Crippen molar-refractivity contribution in [2.24, 2.45) is 0 Å². The van der Waals surface area contributed by atoms with Crippen molar-refractivity contribution in [1.82, 2.24) is 4.90 Å². The molecule has 1 aromatic rings. The minimum absolute atomic E-state index is 0.0566. The van der Waals surface area contributed by atoms with Crippen molar-refractivity contribution in [3.05, 3.63) is 33.3 Å². The molecule has 0 saturated carbocycles. The number of ketones is 1. The van der Waals surface area contributed by atoms with Crippen molar-refractivity contribution >= 4 is 33.3 Å². The van der Waals surface area contributed by atoms with Crippen LogP contribution in [0.3, 0.4) is 0 Å². The van der Waals surface area contributed by atoms with Crippen molar-refractivity contribution in [2.45, 2.75) is 25.3 Å². The number of likely N-dealkylation sites (tertiary alicyclic amines) is 1. The molecule has 104 valence electrons. The Hall–Kier alpha value is -0.420. The fourth-order valence-corrected chi connectivity index (χ4v) is 3.27. The molecule has 1 aromatic carbocycles. The lowest BCUT2D eigenvalue weighted by atomic mass is 10.1. The molecule has 1 heterocycles. The maximum Gasteiger partial charge on any atom is 0.165 e. The van der Waals surface area contributed by atoms with Crippen LogP contribution in [-0.4, -0.2) is 41.5 Å². The average Bonchev–Trinajstić information content (AvgIpc) is 2.83. The SMILES string of the molecule is O=C(CCN1CCCC1CO)c1ccc(Br)cc1Cl. The lowest BCUT2D eigenvalue weighted by molar-refractivity contribution is 0.0946. The van der Waals surface area contributed by atoms with Gasteiger partial charge >= 0.3 is 0 Å². The summed E-state index contributed by atoms with van der Waals surface area (Å²) in [4.78, 5) is 14.3. The van der Waals surface area contributed by atoms with Gasteiger partial charge in [-0.2, -0.15) is 0 Å². The highest BCUT2D eigenvalue weighted by Crippen LogP contribution is 2.23. The standard InChI is InChI=1S/C14H17BrClNO2/c15-10-3-4-12(13(16)8-10)14(19)5-7-17-6-1-2-11(17)9-18/h3-4,8,11,18H,1-2,5-7,9H2. The number of benzene rings is 1. The molecule has 1 atom stereocenters. The quantitative estimate of drug-likeness (QED) is 0.833. The van der Waals surface area contributed by atoms with E-state index in [9.17, 15) is 9.90 Å². The number of Topliss-reactive ketones (excluding diaryl/α,β-unsaturated/α-hetero) is 1. The fraction of sp³-hybridized carbons (Fsp3) is 0.500. The first-order valence-electron chi connectivity index (χ1n) is 6.45. The zero-order valence-electron chi connectivity index (χ0n) is 10.6. The summed E-state index contributed by atoms with van der Waals surface area (Å²) in [6.45, 7) is 1.83. The first-order chi connectivity index (χ1) is 9.11. The zero-order chi connectivity index (χ0) is 13.8. The van der Waals surface area contributed by atoms with Crippen LogP contribution in [0.2, 0.25) is 5.02 Å². The van der Waals surface area contributed by atoms with E-state index in [-0.39, 0.29) is 18.4 Å².